The Morgan fingerprint density at radius 1 is 1.05 bits per heavy atom. The van der Waals surface area contributed by atoms with Crippen LogP contribution in [0.2, 0.25) is 0 Å². The Morgan fingerprint density at radius 3 is 2.37 bits per heavy atom. The number of rotatable bonds is 4. The Morgan fingerprint density at radius 2 is 1.74 bits per heavy atom. The Labute approximate surface area is 118 Å². The Balaban J connectivity index is 2.00. The first kappa shape index (κ1) is 14.1. The van der Waals surface area contributed by atoms with Crippen LogP contribution in [-0.4, -0.2) is 5.75 Å². The van der Waals surface area contributed by atoms with Gasteiger partial charge in [-0.2, -0.15) is 0 Å². The number of hydrogen-bond donors (Lipinski definition) is 1. The van der Waals surface area contributed by atoms with Crippen molar-refractivity contribution in [3.8, 4) is 0 Å². The molecule has 0 saturated carbocycles. The van der Waals surface area contributed by atoms with Gasteiger partial charge >= 0.3 is 0 Å². The molecule has 3 heteroatoms. The summed E-state index contributed by atoms with van der Waals surface area (Å²) in [5.74, 6) is 0.525. The summed E-state index contributed by atoms with van der Waals surface area (Å²) in [6.07, 6.45) is 0. The first-order valence-electron chi connectivity index (χ1n) is 6.27. The normalized spacial score (nSPS) is 12.4. The predicted molar refractivity (Wildman–Crippen MR) is 80.0 cm³/mol. The van der Waals surface area contributed by atoms with Gasteiger partial charge in [-0.05, 0) is 49.2 Å². The molecule has 0 radical (unpaired) electrons. The summed E-state index contributed by atoms with van der Waals surface area (Å²) in [5.41, 5.74) is 9.13. The Hall–Kier alpha value is -1.32. The van der Waals surface area contributed by atoms with Gasteiger partial charge in [0.15, 0.2) is 0 Å². The van der Waals surface area contributed by atoms with Crippen molar-refractivity contribution in [2.24, 2.45) is 5.73 Å². The van der Waals surface area contributed by atoms with E-state index in [2.05, 4.69) is 31.2 Å². The zero-order valence-corrected chi connectivity index (χ0v) is 12.0. The molecule has 1 unspecified atom stereocenters. The molecule has 1 atom stereocenters. The maximum Gasteiger partial charge on any atom is 0.123 e. The first-order valence-corrected chi connectivity index (χ1v) is 7.25. The van der Waals surface area contributed by atoms with Gasteiger partial charge < -0.3 is 5.73 Å². The van der Waals surface area contributed by atoms with Crippen LogP contribution in [0.1, 0.15) is 22.7 Å². The van der Waals surface area contributed by atoms with Gasteiger partial charge in [-0.15, -0.1) is 11.8 Å². The molecule has 2 rings (SSSR count). The molecule has 0 bridgehead atoms. The van der Waals surface area contributed by atoms with E-state index >= 15 is 0 Å². The van der Waals surface area contributed by atoms with Crippen LogP contribution in [-0.2, 0) is 0 Å². The lowest BCUT2D eigenvalue weighted by Crippen LogP contribution is -2.13. The van der Waals surface area contributed by atoms with Crippen LogP contribution in [0.25, 0.3) is 0 Å². The lowest BCUT2D eigenvalue weighted by molar-refractivity contribution is 0.621. The van der Waals surface area contributed by atoms with Gasteiger partial charge in [-0.3, -0.25) is 0 Å². The zero-order valence-electron chi connectivity index (χ0n) is 11.2. The van der Waals surface area contributed by atoms with Crippen molar-refractivity contribution in [3.63, 3.8) is 0 Å². The van der Waals surface area contributed by atoms with E-state index in [0.717, 1.165) is 16.9 Å². The SMILES string of the molecule is Cc1ccc(SCC(N)c2cc(C)cc(F)c2)cc1. The van der Waals surface area contributed by atoms with E-state index in [-0.39, 0.29) is 11.9 Å². The topological polar surface area (TPSA) is 26.0 Å². The van der Waals surface area contributed by atoms with E-state index in [9.17, 15) is 4.39 Å². The van der Waals surface area contributed by atoms with Crippen molar-refractivity contribution in [2.75, 3.05) is 5.75 Å². The predicted octanol–water partition coefficient (Wildman–Crippen LogP) is 4.23. The van der Waals surface area contributed by atoms with Gasteiger partial charge in [0.2, 0.25) is 0 Å². The molecular weight excluding hydrogens is 257 g/mol. The van der Waals surface area contributed by atoms with Crippen molar-refractivity contribution in [2.45, 2.75) is 24.8 Å². The third-order valence-corrected chi connectivity index (χ3v) is 4.07. The summed E-state index contributed by atoms with van der Waals surface area (Å²) in [6.45, 7) is 3.95. The highest BCUT2D eigenvalue weighted by Gasteiger charge is 2.08. The van der Waals surface area contributed by atoms with Crippen LogP contribution >= 0.6 is 11.8 Å². The Kier molecular flexibility index (Phi) is 4.61. The number of thioether (sulfide) groups is 1. The lowest BCUT2D eigenvalue weighted by atomic mass is 10.1. The molecule has 100 valence electrons. The minimum atomic E-state index is -0.217. The molecule has 0 heterocycles. The zero-order chi connectivity index (χ0) is 13.8. The molecular formula is C16H18FNS. The maximum atomic E-state index is 13.3. The number of hydrogen-bond acceptors (Lipinski definition) is 2. The minimum Gasteiger partial charge on any atom is -0.323 e. The third kappa shape index (κ3) is 4.08. The van der Waals surface area contributed by atoms with Gasteiger partial charge in [-0.1, -0.05) is 23.8 Å². The molecule has 0 aliphatic carbocycles. The van der Waals surface area contributed by atoms with Gasteiger partial charge in [-0.25, -0.2) is 4.39 Å². The van der Waals surface area contributed by atoms with Crippen molar-refractivity contribution in [1.29, 1.82) is 0 Å². The average Bonchev–Trinajstić information content (AvgIpc) is 2.36. The second-order valence-electron chi connectivity index (χ2n) is 4.79. The number of benzene rings is 2. The van der Waals surface area contributed by atoms with E-state index in [1.54, 1.807) is 11.8 Å². The maximum absolute atomic E-state index is 13.3. The van der Waals surface area contributed by atoms with Gasteiger partial charge in [0.05, 0.1) is 0 Å². The first-order chi connectivity index (χ1) is 9.04. The second kappa shape index (κ2) is 6.22. The van der Waals surface area contributed by atoms with Crippen LogP contribution in [0.3, 0.4) is 0 Å². The number of aryl methyl sites for hydroxylation is 2. The molecule has 0 fully saturated rings. The molecule has 0 spiro atoms. The summed E-state index contributed by atoms with van der Waals surface area (Å²) in [7, 11) is 0. The van der Waals surface area contributed by atoms with Crippen molar-refractivity contribution in [3.05, 3.63) is 65.0 Å². The monoisotopic (exact) mass is 275 g/mol. The van der Waals surface area contributed by atoms with Gasteiger partial charge in [0.1, 0.15) is 5.82 Å². The average molecular weight is 275 g/mol. The standard InChI is InChI=1S/C16H18FNS/c1-11-3-5-15(6-4-11)19-10-16(18)13-7-12(2)8-14(17)9-13/h3-9,16H,10,18H2,1-2H3. The van der Waals surface area contributed by atoms with Gasteiger partial charge in [0, 0.05) is 16.7 Å². The van der Waals surface area contributed by atoms with Crippen molar-refractivity contribution < 1.29 is 4.39 Å². The van der Waals surface area contributed by atoms with Crippen LogP contribution < -0.4 is 5.73 Å². The van der Waals surface area contributed by atoms with Crippen LogP contribution in [0.5, 0.6) is 0 Å². The quantitative estimate of drug-likeness (QED) is 0.845. The third-order valence-electron chi connectivity index (χ3n) is 2.94. The molecule has 0 aromatic heterocycles. The molecule has 2 aromatic carbocycles. The summed E-state index contributed by atoms with van der Waals surface area (Å²) in [4.78, 5) is 1.19. The fourth-order valence-electron chi connectivity index (χ4n) is 1.90. The molecule has 0 aliphatic heterocycles. The van der Waals surface area contributed by atoms with E-state index in [1.165, 1.54) is 22.6 Å². The van der Waals surface area contributed by atoms with Crippen molar-refractivity contribution >= 4 is 11.8 Å². The molecule has 1 nitrogen and oxygen atoms in total. The smallest absolute Gasteiger partial charge is 0.123 e. The summed E-state index contributed by atoms with van der Waals surface area (Å²) < 4.78 is 13.3. The highest BCUT2D eigenvalue weighted by molar-refractivity contribution is 7.99. The minimum absolute atomic E-state index is 0.152. The fourth-order valence-corrected chi connectivity index (χ4v) is 2.79. The molecule has 0 amide bonds. The van der Waals surface area contributed by atoms with Crippen molar-refractivity contribution in [1.82, 2.24) is 0 Å². The largest absolute Gasteiger partial charge is 0.323 e. The van der Waals surface area contributed by atoms with Crippen LogP contribution in [0.15, 0.2) is 47.4 Å². The summed E-state index contributed by atoms with van der Waals surface area (Å²) in [6, 6.07) is 13.2. The molecule has 0 saturated heterocycles. The lowest BCUT2D eigenvalue weighted by Gasteiger charge is -2.13. The second-order valence-corrected chi connectivity index (χ2v) is 5.89. The molecule has 0 aliphatic rings. The number of halogens is 1. The van der Waals surface area contributed by atoms with Gasteiger partial charge in [0.25, 0.3) is 0 Å². The van der Waals surface area contributed by atoms with Crippen LogP contribution in [0, 0.1) is 19.7 Å². The fraction of sp³-hybridized carbons (Fsp3) is 0.250. The summed E-state index contributed by atoms with van der Waals surface area (Å²) in [5, 5.41) is 0. The molecule has 2 N–H and O–H groups in total. The van der Waals surface area contributed by atoms with E-state index in [1.807, 2.05) is 13.0 Å². The van der Waals surface area contributed by atoms with E-state index in [4.69, 9.17) is 5.73 Å². The highest BCUT2D eigenvalue weighted by Crippen LogP contribution is 2.24. The van der Waals surface area contributed by atoms with E-state index in [0.29, 0.717) is 0 Å². The van der Waals surface area contributed by atoms with E-state index < -0.39 is 0 Å². The van der Waals surface area contributed by atoms with Crippen LogP contribution in [0.4, 0.5) is 4.39 Å². The molecule has 2 aromatic rings. The molecule has 19 heavy (non-hydrogen) atoms. The number of nitrogens with two attached hydrogens (primary N) is 1. The highest BCUT2D eigenvalue weighted by atomic mass is 32.2. The summed E-state index contributed by atoms with van der Waals surface area (Å²) >= 11 is 1.70. The Bertz CT molecular complexity index is 531.